The van der Waals surface area contributed by atoms with Crippen LogP contribution in [0.1, 0.15) is 33.6 Å². The molecule has 0 aromatic rings. The Bertz CT molecular complexity index is 334. The second-order valence-corrected chi connectivity index (χ2v) is 5.43. The standard InChI is InChI=1S/C13H24N2O4/c1-13(2,3)12(18)14-9-10(16)15(4)8-6-7-11(17)19-5/h6-9H2,1-5H3,(H,14,18). The summed E-state index contributed by atoms with van der Waals surface area (Å²) in [5, 5.41) is 2.59. The smallest absolute Gasteiger partial charge is 0.305 e. The third-order valence-corrected chi connectivity index (χ3v) is 2.61. The summed E-state index contributed by atoms with van der Waals surface area (Å²) >= 11 is 0. The van der Waals surface area contributed by atoms with Crippen LogP contribution in [0.5, 0.6) is 0 Å². The van der Waals surface area contributed by atoms with Crippen molar-refractivity contribution in [2.75, 3.05) is 27.2 Å². The van der Waals surface area contributed by atoms with Crippen molar-refractivity contribution in [2.45, 2.75) is 33.6 Å². The van der Waals surface area contributed by atoms with Crippen molar-refractivity contribution in [2.24, 2.45) is 5.41 Å². The second kappa shape index (κ2) is 7.76. The number of carbonyl (C=O) groups excluding carboxylic acids is 3. The molecule has 0 aliphatic heterocycles. The molecule has 0 heterocycles. The molecular formula is C13H24N2O4. The number of hydrogen-bond donors (Lipinski definition) is 1. The van der Waals surface area contributed by atoms with E-state index in [2.05, 4.69) is 10.1 Å². The molecule has 0 aliphatic carbocycles. The van der Waals surface area contributed by atoms with Gasteiger partial charge in [0, 0.05) is 25.4 Å². The molecule has 6 nitrogen and oxygen atoms in total. The summed E-state index contributed by atoms with van der Waals surface area (Å²) in [6.07, 6.45) is 0.824. The van der Waals surface area contributed by atoms with Crippen LogP contribution in [0, 0.1) is 5.41 Å². The van der Waals surface area contributed by atoms with Gasteiger partial charge in [-0.15, -0.1) is 0 Å². The molecule has 0 saturated carbocycles. The third kappa shape index (κ3) is 7.43. The van der Waals surface area contributed by atoms with E-state index in [9.17, 15) is 14.4 Å². The number of amides is 2. The molecule has 0 radical (unpaired) electrons. The summed E-state index contributed by atoms with van der Waals surface area (Å²) in [6, 6.07) is 0. The maximum Gasteiger partial charge on any atom is 0.305 e. The van der Waals surface area contributed by atoms with E-state index < -0.39 is 5.41 Å². The van der Waals surface area contributed by atoms with Gasteiger partial charge in [0.25, 0.3) is 0 Å². The number of esters is 1. The molecule has 0 unspecified atom stereocenters. The number of hydrogen-bond acceptors (Lipinski definition) is 4. The molecule has 0 aromatic heterocycles. The molecule has 0 saturated heterocycles. The van der Waals surface area contributed by atoms with E-state index in [1.54, 1.807) is 27.8 Å². The SMILES string of the molecule is COC(=O)CCCN(C)C(=O)CNC(=O)C(C)(C)C. The van der Waals surface area contributed by atoms with Crippen molar-refractivity contribution in [3.8, 4) is 0 Å². The van der Waals surface area contributed by atoms with Gasteiger partial charge in [-0.25, -0.2) is 0 Å². The molecule has 0 rings (SSSR count). The first-order valence-electron chi connectivity index (χ1n) is 6.27. The highest BCUT2D eigenvalue weighted by Gasteiger charge is 2.22. The quantitative estimate of drug-likeness (QED) is 0.717. The first-order chi connectivity index (χ1) is 8.68. The van der Waals surface area contributed by atoms with Crippen LogP contribution < -0.4 is 5.32 Å². The van der Waals surface area contributed by atoms with Crippen LogP contribution in [-0.2, 0) is 19.1 Å². The summed E-state index contributed by atoms with van der Waals surface area (Å²) in [7, 11) is 2.97. The maximum absolute atomic E-state index is 11.7. The lowest BCUT2D eigenvalue weighted by atomic mass is 9.96. The number of carbonyl (C=O) groups is 3. The van der Waals surface area contributed by atoms with Gasteiger partial charge in [-0.2, -0.15) is 0 Å². The zero-order valence-corrected chi connectivity index (χ0v) is 12.4. The molecule has 0 atom stereocenters. The Labute approximate surface area is 114 Å². The minimum Gasteiger partial charge on any atom is -0.469 e. The van der Waals surface area contributed by atoms with Crippen LogP contribution in [0.3, 0.4) is 0 Å². The first-order valence-corrected chi connectivity index (χ1v) is 6.27. The third-order valence-electron chi connectivity index (χ3n) is 2.61. The monoisotopic (exact) mass is 272 g/mol. The van der Waals surface area contributed by atoms with Crippen molar-refractivity contribution in [1.29, 1.82) is 0 Å². The molecule has 0 aliphatic rings. The lowest BCUT2D eigenvalue weighted by Gasteiger charge is -2.20. The summed E-state index contributed by atoms with van der Waals surface area (Å²) < 4.78 is 4.51. The lowest BCUT2D eigenvalue weighted by Crippen LogP contribution is -2.42. The predicted octanol–water partition coefficient (Wildman–Crippen LogP) is 0.560. The molecule has 6 heteroatoms. The van der Waals surface area contributed by atoms with Gasteiger partial charge in [0.15, 0.2) is 0 Å². The number of ether oxygens (including phenoxy) is 1. The first kappa shape index (κ1) is 17.4. The molecule has 0 aromatic carbocycles. The molecule has 2 amide bonds. The van der Waals surface area contributed by atoms with Crippen molar-refractivity contribution in [3.05, 3.63) is 0 Å². The van der Waals surface area contributed by atoms with Crippen LogP contribution in [0.15, 0.2) is 0 Å². The molecule has 19 heavy (non-hydrogen) atoms. The van der Waals surface area contributed by atoms with Gasteiger partial charge < -0.3 is 15.0 Å². The largest absolute Gasteiger partial charge is 0.469 e. The Kier molecular flexibility index (Phi) is 7.11. The van der Waals surface area contributed by atoms with E-state index >= 15 is 0 Å². The van der Waals surface area contributed by atoms with Crippen LogP contribution >= 0.6 is 0 Å². The number of nitrogens with zero attached hydrogens (tertiary/aromatic N) is 1. The van der Waals surface area contributed by atoms with Crippen LogP contribution in [-0.4, -0.2) is 49.9 Å². The highest BCUT2D eigenvalue weighted by molar-refractivity contribution is 5.87. The lowest BCUT2D eigenvalue weighted by molar-refractivity contribution is -0.141. The van der Waals surface area contributed by atoms with Crippen molar-refractivity contribution in [1.82, 2.24) is 10.2 Å². The molecule has 1 N–H and O–H groups in total. The fourth-order valence-electron chi connectivity index (χ4n) is 1.24. The number of nitrogens with one attached hydrogen (secondary N) is 1. The maximum atomic E-state index is 11.7. The minimum absolute atomic E-state index is 0.0230. The predicted molar refractivity (Wildman–Crippen MR) is 71.4 cm³/mol. The summed E-state index contributed by atoms with van der Waals surface area (Å²) in [4.78, 5) is 35.7. The fourth-order valence-corrected chi connectivity index (χ4v) is 1.24. The summed E-state index contributed by atoms with van der Waals surface area (Å²) in [6.45, 7) is 5.79. The average molecular weight is 272 g/mol. The zero-order valence-electron chi connectivity index (χ0n) is 12.4. The Morgan fingerprint density at radius 2 is 1.79 bits per heavy atom. The molecule has 110 valence electrons. The van der Waals surface area contributed by atoms with Gasteiger partial charge in [-0.05, 0) is 6.42 Å². The Balaban J connectivity index is 3.95. The molecule has 0 bridgehead atoms. The second-order valence-electron chi connectivity index (χ2n) is 5.43. The average Bonchev–Trinajstić information content (AvgIpc) is 2.33. The van der Waals surface area contributed by atoms with Gasteiger partial charge in [0.2, 0.25) is 11.8 Å². The van der Waals surface area contributed by atoms with Crippen molar-refractivity contribution >= 4 is 17.8 Å². The molecular weight excluding hydrogens is 248 g/mol. The number of rotatable bonds is 6. The Morgan fingerprint density at radius 3 is 2.26 bits per heavy atom. The van der Waals surface area contributed by atoms with E-state index in [1.165, 1.54) is 12.0 Å². The van der Waals surface area contributed by atoms with Crippen LogP contribution in [0.25, 0.3) is 0 Å². The van der Waals surface area contributed by atoms with E-state index in [0.29, 0.717) is 13.0 Å². The van der Waals surface area contributed by atoms with E-state index in [0.717, 1.165) is 0 Å². The number of likely N-dealkylation sites (N-methyl/N-ethyl adjacent to an activating group) is 1. The summed E-state index contributed by atoms with van der Waals surface area (Å²) in [5.74, 6) is -0.631. The number of methoxy groups -OCH3 is 1. The topological polar surface area (TPSA) is 75.7 Å². The minimum atomic E-state index is -0.510. The van der Waals surface area contributed by atoms with E-state index in [-0.39, 0.29) is 30.7 Å². The van der Waals surface area contributed by atoms with Gasteiger partial charge in [-0.3, -0.25) is 14.4 Å². The van der Waals surface area contributed by atoms with Crippen molar-refractivity contribution < 1.29 is 19.1 Å². The van der Waals surface area contributed by atoms with Crippen LogP contribution in [0.2, 0.25) is 0 Å². The Hall–Kier alpha value is -1.59. The summed E-state index contributed by atoms with van der Waals surface area (Å²) in [5.41, 5.74) is -0.510. The normalized spacial score (nSPS) is 10.8. The van der Waals surface area contributed by atoms with Gasteiger partial charge in [0.1, 0.15) is 0 Å². The highest BCUT2D eigenvalue weighted by Crippen LogP contribution is 2.11. The van der Waals surface area contributed by atoms with E-state index in [4.69, 9.17) is 0 Å². The molecule has 0 spiro atoms. The van der Waals surface area contributed by atoms with Gasteiger partial charge in [0.05, 0.1) is 13.7 Å². The fraction of sp³-hybridized carbons (Fsp3) is 0.769. The molecule has 0 fully saturated rings. The van der Waals surface area contributed by atoms with Gasteiger partial charge >= 0.3 is 5.97 Å². The van der Waals surface area contributed by atoms with Crippen LogP contribution in [0.4, 0.5) is 0 Å². The zero-order chi connectivity index (χ0) is 15.1. The highest BCUT2D eigenvalue weighted by atomic mass is 16.5. The van der Waals surface area contributed by atoms with E-state index in [1.807, 2.05) is 0 Å². The van der Waals surface area contributed by atoms with Gasteiger partial charge in [-0.1, -0.05) is 20.8 Å². The Morgan fingerprint density at radius 1 is 1.21 bits per heavy atom. The van der Waals surface area contributed by atoms with Crippen molar-refractivity contribution in [3.63, 3.8) is 0 Å².